The van der Waals surface area contributed by atoms with Crippen LogP contribution in [0.4, 0.5) is 0 Å². The Kier molecular flexibility index (Phi) is 57.2. The number of esters is 3. The molecule has 1 atom stereocenters. The molecule has 0 aliphatic carbocycles. The van der Waals surface area contributed by atoms with Crippen molar-refractivity contribution in [2.24, 2.45) is 0 Å². The largest absolute Gasteiger partial charge is 0.462 e. The van der Waals surface area contributed by atoms with Crippen molar-refractivity contribution in [2.45, 2.75) is 322 Å². The lowest BCUT2D eigenvalue weighted by Gasteiger charge is -2.18. The van der Waals surface area contributed by atoms with Crippen molar-refractivity contribution in [3.05, 3.63) is 60.8 Å². The van der Waals surface area contributed by atoms with Crippen molar-refractivity contribution in [1.82, 2.24) is 0 Å². The molecular formula is C65H116O6. The van der Waals surface area contributed by atoms with Crippen molar-refractivity contribution >= 4 is 17.9 Å². The van der Waals surface area contributed by atoms with Gasteiger partial charge >= 0.3 is 17.9 Å². The average Bonchev–Trinajstić information content (AvgIpc) is 3.37. The van der Waals surface area contributed by atoms with Crippen molar-refractivity contribution in [3.8, 4) is 0 Å². The maximum Gasteiger partial charge on any atom is 0.306 e. The summed E-state index contributed by atoms with van der Waals surface area (Å²) in [5, 5.41) is 0. The Morgan fingerprint density at radius 2 is 0.549 bits per heavy atom. The third kappa shape index (κ3) is 57.9. The summed E-state index contributed by atoms with van der Waals surface area (Å²) in [4.78, 5) is 38.3. The van der Waals surface area contributed by atoms with Gasteiger partial charge in [-0.3, -0.25) is 14.4 Å². The zero-order valence-electron chi connectivity index (χ0n) is 47.2. The summed E-state index contributed by atoms with van der Waals surface area (Å²) in [6.07, 6.45) is 75.0. The Morgan fingerprint density at radius 1 is 0.296 bits per heavy atom. The van der Waals surface area contributed by atoms with E-state index in [9.17, 15) is 14.4 Å². The fraction of sp³-hybridized carbons (Fsp3) is 0.800. The fourth-order valence-electron chi connectivity index (χ4n) is 8.86. The highest BCUT2D eigenvalue weighted by Gasteiger charge is 2.19. The molecule has 0 aromatic carbocycles. The molecule has 0 aliphatic rings. The first-order valence-electron chi connectivity index (χ1n) is 30.8. The molecule has 0 saturated carbocycles. The quantitative estimate of drug-likeness (QED) is 0.0261. The second-order valence-corrected chi connectivity index (χ2v) is 20.6. The molecule has 0 amide bonds. The zero-order valence-corrected chi connectivity index (χ0v) is 47.2. The molecule has 6 nitrogen and oxygen atoms in total. The number of ether oxygens (including phenoxy) is 3. The van der Waals surface area contributed by atoms with Gasteiger partial charge in [-0.15, -0.1) is 0 Å². The van der Waals surface area contributed by atoms with E-state index in [4.69, 9.17) is 14.2 Å². The maximum atomic E-state index is 12.9. The van der Waals surface area contributed by atoms with E-state index in [1.165, 1.54) is 193 Å². The van der Waals surface area contributed by atoms with Crippen molar-refractivity contribution < 1.29 is 28.6 Å². The van der Waals surface area contributed by atoms with Crippen LogP contribution in [0.25, 0.3) is 0 Å². The molecule has 0 bridgehead atoms. The SMILES string of the molecule is CC/C=C\C/C=C\C/C=C\CCCCCCCCCC(=O)OCC(COC(=O)CCCCCCCCC/C=C\CCCCCCCCC)OC(=O)CCCCCCCCC/C=C\CCCCCCCCC. The third-order valence-electron chi connectivity index (χ3n) is 13.5. The minimum absolute atomic E-state index is 0.0799. The van der Waals surface area contributed by atoms with Crippen LogP contribution in [0.3, 0.4) is 0 Å². The lowest BCUT2D eigenvalue weighted by molar-refractivity contribution is -0.167. The van der Waals surface area contributed by atoms with Gasteiger partial charge < -0.3 is 14.2 Å². The molecule has 0 spiro atoms. The summed E-state index contributed by atoms with van der Waals surface area (Å²) in [6, 6.07) is 0. The number of carbonyl (C=O) groups excluding carboxylic acids is 3. The average molecular weight is 994 g/mol. The van der Waals surface area contributed by atoms with E-state index in [0.717, 1.165) is 83.5 Å². The highest BCUT2D eigenvalue weighted by Crippen LogP contribution is 2.16. The number of hydrogen-bond acceptors (Lipinski definition) is 6. The Hall–Kier alpha value is -2.89. The lowest BCUT2D eigenvalue weighted by Crippen LogP contribution is -2.30. The summed E-state index contributed by atoms with van der Waals surface area (Å²) in [7, 11) is 0. The first-order valence-corrected chi connectivity index (χ1v) is 30.8. The molecule has 0 aromatic rings. The highest BCUT2D eigenvalue weighted by molar-refractivity contribution is 5.71. The number of unbranched alkanes of at least 4 members (excludes halogenated alkanes) is 35. The zero-order chi connectivity index (χ0) is 51.4. The molecule has 0 N–H and O–H groups in total. The van der Waals surface area contributed by atoms with Crippen molar-refractivity contribution in [2.75, 3.05) is 13.2 Å². The summed E-state index contributed by atoms with van der Waals surface area (Å²) in [6.45, 7) is 6.55. The summed E-state index contributed by atoms with van der Waals surface area (Å²) in [5.74, 6) is -0.883. The molecule has 0 aliphatic heterocycles. The van der Waals surface area contributed by atoms with Crippen molar-refractivity contribution in [1.29, 1.82) is 0 Å². The molecule has 6 heteroatoms. The lowest BCUT2D eigenvalue weighted by atomic mass is 10.1. The smallest absolute Gasteiger partial charge is 0.306 e. The third-order valence-corrected chi connectivity index (χ3v) is 13.5. The predicted octanol–water partition coefficient (Wildman–Crippen LogP) is 20.8. The highest BCUT2D eigenvalue weighted by atomic mass is 16.6. The standard InChI is InChI=1S/C65H116O6/c1-4-7-10-13-16-19-22-25-28-31-34-37-40-43-46-49-52-55-58-64(67)70-61-62(60-69-63(66)57-54-51-48-45-42-39-36-33-30-27-24-21-18-15-12-9-6-3)71-65(68)59-56-53-50-47-44-41-38-35-32-29-26-23-20-17-14-11-8-5-2/h9,12,18,21,27-32,62H,4-8,10-11,13-17,19-20,22-26,33-61H2,1-3H3/b12-9-,21-18-,30-27-,31-28-,32-29-. The van der Waals surface area contributed by atoms with Gasteiger partial charge in [0.25, 0.3) is 0 Å². The maximum absolute atomic E-state index is 12.9. The topological polar surface area (TPSA) is 78.9 Å². The molecule has 0 rings (SSSR count). The molecule has 0 aromatic heterocycles. The first kappa shape index (κ1) is 68.1. The number of carbonyl (C=O) groups is 3. The van der Waals surface area contributed by atoms with Crippen LogP contribution in [0.2, 0.25) is 0 Å². The van der Waals surface area contributed by atoms with Crippen LogP contribution in [0, 0.1) is 0 Å². The van der Waals surface area contributed by atoms with Gasteiger partial charge in [-0.25, -0.2) is 0 Å². The Bertz CT molecular complexity index is 1280. The molecule has 0 radical (unpaired) electrons. The molecule has 0 saturated heterocycles. The van der Waals surface area contributed by atoms with Crippen LogP contribution in [-0.4, -0.2) is 37.2 Å². The van der Waals surface area contributed by atoms with Gasteiger partial charge in [-0.05, 0) is 103 Å². The summed E-state index contributed by atoms with van der Waals surface area (Å²) in [5.41, 5.74) is 0. The Labute approximate surface area is 440 Å². The van der Waals surface area contributed by atoms with Gasteiger partial charge in [-0.2, -0.15) is 0 Å². The number of rotatable bonds is 56. The number of hydrogen-bond donors (Lipinski definition) is 0. The van der Waals surface area contributed by atoms with Gasteiger partial charge in [0.1, 0.15) is 13.2 Å². The molecular weight excluding hydrogens is 877 g/mol. The van der Waals surface area contributed by atoms with E-state index in [0.29, 0.717) is 19.3 Å². The van der Waals surface area contributed by atoms with Crippen LogP contribution in [0.15, 0.2) is 60.8 Å². The normalized spacial score (nSPS) is 12.4. The van der Waals surface area contributed by atoms with E-state index in [-0.39, 0.29) is 31.1 Å². The number of allylic oxidation sites excluding steroid dienone is 10. The van der Waals surface area contributed by atoms with E-state index in [2.05, 4.69) is 81.5 Å². The van der Waals surface area contributed by atoms with Gasteiger partial charge in [-0.1, -0.05) is 255 Å². The van der Waals surface area contributed by atoms with E-state index < -0.39 is 6.10 Å². The minimum Gasteiger partial charge on any atom is -0.462 e. The summed E-state index contributed by atoms with van der Waals surface area (Å²) < 4.78 is 16.9. The van der Waals surface area contributed by atoms with Gasteiger partial charge in [0.2, 0.25) is 0 Å². The van der Waals surface area contributed by atoms with Crippen molar-refractivity contribution in [3.63, 3.8) is 0 Å². The van der Waals surface area contributed by atoms with E-state index in [1.54, 1.807) is 0 Å². The Balaban J connectivity index is 4.38. The van der Waals surface area contributed by atoms with Crippen LogP contribution in [0.5, 0.6) is 0 Å². The minimum atomic E-state index is -0.783. The molecule has 1 unspecified atom stereocenters. The summed E-state index contributed by atoms with van der Waals surface area (Å²) >= 11 is 0. The van der Waals surface area contributed by atoms with Gasteiger partial charge in [0.05, 0.1) is 0 Å². The Morgan fingerprint density at radius 3 is 0.873 bits per heavy atom. The predicted molar refractivity (Wildman–Crippen MR) is 307 cm³/mol. The van der Waals surface area contributed by atoms with Crippen LogP contribution >= 0.6 is 0 Å². The second-order valence-electron chi connectivity index (χ2n) is 20.6. The first-order chi connectivity index (χ1) is 35.0. The van der Waals surface area contributed by atoms with E-state index >= 15 is 0 Å². The molecule has 71 heavy (non-hydrogen) atoms. The van der Waals surface area contributed by atoms with Gasteiger partial charge in [0.15, 0.2) is 6.10 Å². The second kappa shape index (κ2) is 59.7. The molecule has 0 heterocycles. The van der Waals surface area contributed by atoms with Crippen LogP contribution in [0.1, 0.15) is 316 Å². The van der Waals surface area contributed by atoms with Crippen LogP contribution < -0.4 is 0 Å². The fourth-order valence-corrected chi connectivity index (χ4v) is 8.86. The molecule has 412 valence electrons. The van der Waals surface area contributed by atoms with E-state index in [1.807, 2.05) is 0 Å². The van der Waals surface area contributed by atoms with Gasteiger partial charge in [0, 0.05) is 19.3 Å². The van der Waals surface area contributed by atoms with Crippen LogP contribution in [-0.2, 0) is 28.6 Å². The monoisotopic (exact) mass is 993 g/mol. The molecule has 0 fully saturated rings.